The minimum atomic E-state index is -3.77. The van der Waals surface area contributed by atoms with Crippen LogP contribution in [0.4, 0.5) is 11.4 Å². The van der Waals surface area contributed by atoms with E-state index in [1.54, 1.807) is 0 Å². The Morgan fingerprint density at radius 2 is 1.00 bits per heavy atom. The van der Waals surface area contributed by atoms with Crippen LogP contribution in [0.25, 0.3) is 0 Å². The van der Waals surface area contributed by atoms with Crippen LogP contribution in [-0.2, 0) is 29.5 Å². The standard InChI is InChI=1S/C31H37N5O8S2/c1-20-16-35(17-21(2)43-20)45(39,40)26-9-5-24(6-10-26)30(37)33-28-13-14-32-15-29(28)34-31(38)25-7-11-27(12-8-25)46(41,42)36-18-22(3)44-23(4)19-36/h5-15,20-23H,16-19H2,1-4H3,(H,34,38)(H,32,33,37)/t20-,21-,22-,23+/m0/s1. The summed E-state index contributed by atoms with van der Waals surface area (Å²) in [4.78, 5) is 30.3. The molecule has 2 aromatic carbocycles. The predicted molar refractivity (Wildman–Crippen MR) is 171 cm³/mol. The number of morpholine rings is 2. The first-order chi connectivity index (χ1) is 21.7. The van der Waals surface area contributed by atoms with Gasteiger partial charge in [-0.25, -0.2) is 16.8 Å². The van der Waals surface area contributed by atoms with Crippen LogP contribution in [0.5, 0.6) is 0 Å². The molecule has 5 rings (SSSR count). The van der Waals surface area contributed by atoms with E-state index in [4.69, 9.17) is 9.47 Å². The SMILES string of the molecule is C[C@@H]1CN(S(=O)(=O)c2ccc(C(=O)Nc3cnccc3NC(=O)c3ccc(S(=O)(=O)N4C[C@H](C)O[C@@H](C)C4)cc3)cc2)C[C@H](C)O1. The predicted octanol–water partition coefficient (Wildman–Crippen LogP) is 3.18. The van der Waals surface area contributed by atoms with Crippen molar-refractivity contribution in [2.45, 2.75) is 61.9 Å². The van der Waals surface area contributed by atoms with Gasteiger partial charge in [0.05, 0.1) is 51.8 Å². The first kappa shape index (κ1) is 33.6. The second kappa shape index (κ2) is 13.6. The summed E-state index contributed by atoms with van der Waals surface area (Å²) in [5.74, 6) is -1.07. The Hall–Kier alpha value is -3.73. The van der Waals surface area contributed by atoms with E-state index in [9.17, 15) is 26.4 Å². The van der Waals surface area contributed by atoms with Crippen LogP contribution in [-0.4, -0.2) is 92.8 Å². The van der Waals surface area contributed by atoms with Gasteiger partial charge in [-0.3, -0.25) is 14.6 Å². The summed E-state index contributed by atoms with van der Waals surface area (Å²) in [6, 6.07) is 12.7. The number of carbonyl (C=O) groups excluding carboxylic acids is 2. The number of sulfonamides is 2. The van der Waals surface area contributed by atoms with E-state index in [-0.39, 0.29) is 82.9 Å². The van der Waals surface area contributed by atoms with Gasteiger partial charge in [-0.15, -0.1) is 0 Å². The number of nitrogens with zero attached hydrogens (tertiary/aromatic N) is 3. The van der Waals surface area contributed by atoms with Gasteiger partial charge in [-0.2, -0.15) is 8.61 Å². The summed E-state index contributed by atoms with van der Waals surface area (Å²) in [5.41, 5.74) is 0.877. The first-order valence-electron chi connectivity index (χ1n) is 14.8. The third-order valence-electron chi connectivity index (χ3n) is 7.60. The molecular weight excluding hydrogens is 635 g/mol. The number of rotatable bonds is 8. The quantitative estimate of drug-likeness (QED) is 0.366. The minimum absolute atomic E-state index is 0.0626. The van der Waals surface area contributed by atoms with Crippen molar-refractivity contribution in [3.8, 4) is 0 Å². The van der Waals surface area contributed by atoms with Gasteiger partial charge in [-0.05, 0) is 82.3 Å². The fraction of sp³-hybridized carbons (Fsp3) is 0.387. The molecule has 2 N–H and O–H groups in total. The van der Waals surface area contributed by atoms with Crippen molar-refractivity contribution in [3.63, 3.8) is 0 Å². The van der Waals surface area contributed by atoms with Crippen molar-refractivity contribution in [2.75, 3.05) is 36.8 Å². The molecule has 46 heavy (non-hydrogen) atoms. The Bertz CT molecular complexity index is 1650. The Morgan fingerprint density at radius 1 is 0.630 bits per heavy atom. The molecular formula is C31H37N5O8S2. The summed E-state index contributed by atoms with van der Waals surface area (Å²) in [5, 5.41) is 5.43. The molecule has 0 saturated carbocycles. The molecule has 3 aromatic rings. The van der Waals surface area contributed by atoms with E-state index in [0.29, 0.717) is 0 Å². The van der Waals surface area contributed by atoms with Gasteiger partial charge in [0.25, 0.3) is 11.8 Å². The minimum Gasteiger partial charge on any atom is -0.373 e. The first-order valence-corrected chi connectivity index (χ1v) is 17.7. The monoisotopic (exact) mass is 671 g/mol. The van der Waals surface area contributed by atoms with Crippen molar-refractivity contribution in [1.82, 2.24) is 13.6 Å². The highest BCUT2D eigenvalue weighted by atomic mass is 32.2. The van der Waals surface area contributed by atoms with Gasteiger partial charge in [0.15, 0.2) is 0 Å². The summed E-state index contributed by atoms with van der Waals surface area (Å²) in [7, 11) is -7.55. The lowest BCUT2D eigenvalue weighted by Crippen LogP contribution is -2.48. The molecule has 0 bridgehead atoms. The van der Waals surface area contributed by atoms with E-state index < -0.39 is 31.9 Å². The molecule has 2 amide bonds. The zero-order valence-electron chi connectivity index (χ0n) is 25.9. The van der Waals surface area contributed by atoms with Crippen LogP contribution >= 0.6 is 0 Å². The van der Waals surface area contributed by atoms with Gasteiger partial charge in [-0.1, -0.05) is 0 Å². The van der Waals surface area contributed by atoms with E-state index in [1.165, 1.54) is 75.6 Å². The van der Waals surface area contributed by atoms with Crippen molar-refractivity contribution in [2.24, 2.45) is 0 Å². The van der Waals surface area contributed by atoms with E-state index >= 15 is 0 Å². The smallest absolute Gasteiger partial charge is 0.255 e. The molecule has 4 atom stereocenters. The van der Waals surface area contributed by atoms with Crippen molar-refractivity contribution in [3.05, 3.63) is 78.1 Å². The third-order valence-corrected chi connectivity index (χ3v) is 11.3. The van der Waals surface area contributed by atoms with Crippen LogP contribution < -0.4 is 10.6 Å². The lowest BCUT2D eigenvalue weighted by atomic mass is 10.2. The number of carbonyl (C=O) groups is 2. The van der Waals surface area contributed by atoms with Gasteiger partial charge < -0.3 is 20.1 Å². The fourth-order valence-electron chi connectivity index (χ4n) is 5.50. The lowest BCUT2D eigenvalue weighted by Gasteiger charge is -2.34. The molecule has 2 saturated heterocycles. The largest absolute Gasteiger partial charge is 0.373 e. The van der Waals surface area contributed by atoms with Crippen LogP contribution in [0.2, 0.25) is 0 Å². The average Bonchev–Trinajstić information content (AvgIpc) is 3.01. The van der Waals surface area contributed by atoms with Gasteiger partial charge >= 0.3 is 0 Å². The molecule has 0 aliphatic carbocycles. The number of pyridine rings is 1. The number of ether oxygens (including phenoxy) is 2. The summed E-state index contributed by atoms with van der Waals surface area (Å²) in [6.45, 7) is 8.22. The van der Waals surface area contributed by atoms with Crippen LogP contribution in [0, 0.1) is 0 Å². The van der Waals surface area contributed by atoms with E-state index in [2.05, 4.69) is 15.6 Å². The molecule has 246 valence electrons. The number of hydrogen-bond acceptors (Lipinski definition) is 9. The lowest BCUT2D eigenvalue weighted by molar-refractivity contribution is -0.0442. The highest BCUT2D eigenvalue weighted by molar-refractivity contribution is 7.89. The summed E-state index contributed by atoms with van der Waals surface area (Å²) >= 11 is 0. The molecule has 0 radical (unpaired) electrons. The number of anilines is 2. The summed E-state index contributed by atoms with van der Waals surface area (Å²) in [6.07, 6.45) is 1.87. The highest BCUT2D eigenvalue weighted by Gasteiger charge is 2.33. The number of benzene rings is 2. The van der Waals surface area contributed by atoms with Crippen molar-refractivity contribution in [1.29, 1.82) is 0 Å². The molecule has 2 aliphatic heterocycles. The molecule has 1 aromatic heterocycles. The maximum atomic E-state index is 13.2. The Morgan fingerprint density at radius 3 is 1.39 bits per heavy atom. The zero-order valence-corrected chi connectivity index (χ0v) is 27.5. The van der Waals surface area contributed by atoms with Gasteiger partial charge in [0, 0.05) is 43.5 Å². The number of aromatic nitrogens is 1. The van der Waals surface area contributed by atoms with Crippen molar-refractivity contribution < 1.29 is 35.9 Å². The molecule has 2 fully saturated rings. The van der Waals surface area contributed by atoms with Gasteiger partial charge in [0.2, 0.25) is 20.0 Å². The molecule has 3 heterocycles. The third kappa shape index (κ3) is 7.45. The van der Waals surface area contributed by atoms with Crippen molar-refractivity contribution >= 4 is 43.2 Å². The Labute approximate surface area is 269 Å². The molecule has 0 unspecified atom stereocenters. The number of nitrogens with one attached hydrogen (secondary N) is 2. The van der Waals surface area contributed by atoms with E-state index in [1.807, 2.05) is 27.7 Å². The second-order valence-electron chi connectivity index (χ2n) is 11.5. The Kier molecular flexibility index (Phi) is 9.91. The number of amides is 2. The molecule has 15 heteroatoms. The fourth-order valence-corrected chi connectivity index (χ4v) is 8.68. The maximum Gasteiger partial charge on any atom is 0.255 e. The van der Waals surface area contributed by atoms with Crippen LogP contribution in [0.3, 0.4) is 0 Å². The topological polar surface area (TPSA) is 164 Å². The maximum absolute atomic E-state index is 13.2. The molecule has 0 spiro atoms. The second-order valence-corrected chi connectivity index (χ2v) is 15.4. The molecule has 2 aliphatic rings. The van der Waals surface area contributed by atoms with E-state index in [0.717, 1.165) is 0 Å². The highest BCUT2D eigenvalue weighted by Crippen LogP contribution is 2.25. The van der Waals surface area contributed by atoms with Crippen LogP contribution in [0.1, 0.15) is 48.4 Å². The summed E-state index contributed by atoms with van der Waals surface area (Å²) < 4.78 is 66.7. The van der Waals surface area contributed by atoms with Crippen LogP contribution in [0.15, 0.2) is 76.8 Å². The molecule has 13 nitrogen and oxygen atoms in total. The zero-order chi connectivity index (χ0) is 33.2. The average molecular weight is 672 g/mol. The normalized spacial score (nSPS) is 23.0. The number of hydrogen-bond donors (Lipinski definition) is 2. The Balaban J connectivity index is 1.25. The van der Waals surface area contributed by atoms with Gasteiger partial charge in [0.1, 0.15) is 0 Å².